The second-order valence-electron chi connectivity index (χ2n) is 7.78. The Morgan fingerprint density at radius 3 is 2.88 bits per heavy atom. The predicted molar refractivity (Wildman–Crippen MR) is 124 cm³/mol. The molecule has 1 aromatic heterocycles. The smallest absolute Gasteiger partial charge is 0.254 e. The number of aromatic nitrogens is 2. The fourth-order valence-electron chi connectivity index (χ4n) is 3.29. The largest absolute Gasteiger partial charge is 0.480 e. The number of benzene rings is 1. The number of nitrogens with zero attached hydrogens (tertiary/aromatic N) is 4. The van der Waals surface area contributed by atoms with E-state index >= 15 is 0 Å². The highest BCUT2D eigenvalue weighted by molar-refractivity contribution is 6.31. The summed E-state index contributed by atoms with van der Waals surface area (Å²) >= 11 is 5.94. The lowest BCUT2D eigenvalue weighted by Crippen LogP contribution is -2.32. The molecule has 2 heterocycles. The molecule has 0 bridgehead atoms. The van der Waals surface area contributed by atoms with Gasteiger partial charge in [-0.3, -0.25) is 9.59 Å². The number of halogens is 2. The van der Waals surface area contributed by atoms with Crippen LogP contribution in [0.25, 0.3) is 0 Å². The molecule has 0 spiro atoms. The Morgan fingerprint density at radius 1 is 1.39 bits per heavy atom. The van der Waals surface area contributed by atoms with Crippen LogP contribution in [0.3, 0.4) is 0 Å². The highest BCUT2D eigenvalue weighted by atomic mass is 35.5. The number of amides is 2. The van der Waals surface area contributed by atoms with E-state index < -0.39 is 11.7 Å². The summed E-state index contributed by atoms with van der Waals surface area (Å²) in [6.07, 6.45) is 5.13. The lowest BCUT2D eigenvalue weighted by Gasteiger charge is -2.18. The van der Waals surface area contributed by atoms with Gasteiger partial charge in [-0.2, -0.15) is 4.98 Å². The molecule has 0 unspecified atom stereocenters. The maximum atomic E-state index is 14.5. The van der Waals surface area contributed by atoms with Crippen molar-refractivity contribution in [1.82, 2.24) is 19.8 Å². The van der Waals surface area contributed by atoms with Gasteiger partial charge in [-0.15, -0.1) is 0 Å². The van der Waals surface area contributed by atoms with Gasteiger partial charge in [0.05, 0.1) is 19.0 Å². The van der Waals surface area contributed by atoms with Gasteiger partial charge >= 0.3 is 0 Å². The summed E-state index contributed by atoms with van der Waals surface area (Å²) in [6, 6.07) is 3.95. The first kappa shape index (κ1) is 24.4. The minimum atomic E-state index is -0.675. The van der Waals surface area contributed by atoms with Crippen LogP contribution in [0.2, 0.25) is 5.02 Å². The molecule has 0 saturated carbocycles. The molecule has 33 heavy (non-hydrogen) atoms. The summed E-state index contributed by atoms with van der Waals surface area (Å²) < 4.78 is 19.6. The first-order valence-corrected chi connectivity index (χ1v) is 10.7. The van der Waals surface area contributed by atoms with Gasteiger partial charge in [0.1, 0.15) is 10.8 Å². The van der Waals surface area contributed by atoms with E-state index in [1.54, 1.807) is 11.0 Å². The van der Waals surface area contributed by atoms with Gasteiger partial charge in [0.15, 0.2) is 0 Å². The van der Waals surface area contributed by atoms with Crippen molar-refractivity contribution < 1.29 is 18.7 Å². The number of likely N-dealkylation sites (N-methyl/N-ethyl adjacent to an activating group) is 1. The van der Waals surface area contributed by atoms with Gasteiger partial charge in [-0.05, 0) is 38.7 Å². The zero-order valence-electron chi connectivity index (χ0n) is 18.6. The Labute approximate surface area is 196 Å². The number of carbonyl (C=O) groups is 2. The van der Waals surface area contributed by atoms with Crippen LogP contribution in [0.5, 0.6) is 5.88 Å². The number of likely N-dealkylation sites (tertiary alicyclic amines) is 1. The number of anilines is 2. The molecule has 0 radical (unpaired) electrons. The Morgan fingerprint density at radius 2 is 2.18 bits per heavy atom. The number of carbonyl (C=O) groups excluding carboxylic acids is 2. The molecule has 1 saturated heterocycles. The van der Waals surface area contributed by atoms with Crippen molar-refractivity contribution in [2.45, 2.75) is 12.5 Å². The lowest BCUT2D eigenvalue weighted by atomic mass is 10.1. The summed E-state index contributed by atoms with van der Waals surface area (Å²) in [4.78, 5) is 36.6. The topological polar surface area (TPSA) is 99.7 Å². The fraction of sp³-hybridized carbons (Fsp3) is 0.364. The Hall–Kier alpha value is -3.24. The number of hydrogen-bond donors (Lipinski definition) is 2. The van der Waals surface area contributed by atoms with E-state index in [2.05, 4.69) is 20.6 Å². The minimum Gasteiger partial charge on any atom is -0.480 e. The fourth-order valence-corrected chi connectivity index (χ4v) is 3.45. The number of methoxy groups -OCH3 is 1. The van der Waals surface area contributed by atoms with Crippen LogP contribution in [0.15, 0.2) is 36.5 Å². The summed E-state index contributed by atoms with van der Waals surface area (Å²) in [7, 11) is 5.21. The maximum Gasteiger partial charge on any atom is 0.254 e. The second-order valence-corrected chi connectivity index (χ2v) is 8.19. The monoisotopic (exact) mass is 476 g/mol. The predicted octanol–water partition coefficient (Wildman–Crippen LogP) is 2.66. The molecule has 2 aromatic rings. The zero-order valence-corrected chi connectivity index (χ0v) is 19.4. The van der Waals surface area contributed by atoms with Crippen LogP contribution in [0.1, 0.15) is 16.8 Å². The van der Waals surface area contributed by atoms with Crippen LogP contribution in [0, 0.1) is 5.82 Å². The molecule has 1 aliphatic heterocycles. The molecule has 0 aliphatic carbocycles. The quantitative estimate of drug-likeness (QED) is 0.565. The standard InChI is InChI=1S/C22H26ClFN6O3/c1-29(2)9-4-5-19(31)27-18-7-6-14(11-17(18)24)21(32)30-10-8-15(13-30)26-22-25-12-16(23)20(28-22)33-3/h4-7,11-12,15H,8-10,13H2,1-3H3,(H,27,31)(H,25,26,28)/b5-4+/t15-/m1/s1. The van der Waals surface area contributed by atoms with Crippen molar-refractivity contribution in [3.05, 3.63) is 53.0 Å². The van der Waals surface area contributed by atoms with Crippen molar-refractivity contribution in [2.75, 3.05) is 51.5 Å². The minimum absolute atomic E-state index is 0.0147. The SMILES string of the molecule is COc1nc(N[C@@H]2CCN(C(=O)c3ccc(NC(=O)/C=C/CN(C)C)c(F)c3)C2)ncc1Cl. The Bertz CT molecular complexity index is 1050. The highest BCUT2D eigenvalue weighted by Crippen LogP contribution is 2.23. The van der Waals surface area contributed by atoms with Gasteiger partial charge < -0.3 is 25.2 Å². The highest BCUT2D eigenvalue weighted by Gasteiger charge is 2.28. The summed E-state index contributed by atoms with van der Waals surface area (Å²) in [6.45, 7) is 1.49. The van der Waals surface area contributed by atoms with Crippen molar-refractivity contribution in [2.24, 2.45) is 0 Å². The van der Waals surface area contributed by atoms with Crippen molar-refractivity contribution in [3.63, 3.8) is 0 Å². The third-order valence-electron chi connectivity index (χ3n) is 4.93. The van der Waals surface area contributed by atoms with Crippen LogP contribution in [-0.4, -0.2) is 78.5 Å². The Balaban J connectivity index is 1.58. The van der Waals surface area contributed by atoms with E-state index in [1.807, 2.05) is 19.0 Å². The van der Waals surface area contributed by atoms with E-state index in [1.165, 1.54) is 31.5 Å². The number of rotatable bonds is 8. The van der Waals surface area contributed by atoms with Gasteiger partial charge in [-0.25, -0.2) is 9.37 Å². The third-order valence-corrected chi connectivity index (χ3v) is 5.19. The van der Waals surface area contributed by atoms with Gasteiger partial charge in [-0.1, -0.05) is 17.7 Å². The van der Waals surface area contributed by atoms with Crippen molar-refractivity contribution in [3.8, 4) is 5.88 Å². The molecule has 11 heteroatoms. The maximum absolute atomic E-state index is 14.5. The Kier molecular flexibility index (Phi) is 8.18. The van der Waals surface area contributed by atoms with E-state index in [4.69, 9.17) is 16.3 Å². The van der Waals surface area contributed by atoms with E-state index in [0.717, 1.165) is 6.07 Å². The summed E-state index contributed by atoms with van der Waals surface area (Å²) in [5.74, 6) is -0.802. The van der Waals surface area contributed by atoms with Gasteiger partial charge in [0, 0.05) is 37.3 Å². The number of nitrogens with one attached hydrogen (secondary N) is 2. The van der Waals surface area contributed by atoms with Crippen LogP contribution in [0.4, 0.5) is 16.0 Å². The van der Waals surface area contributed by atoms with E-state index in [-0.39, 0.29) is 29.1 Å². The molecule has 1 atom stereocenters. The average molecular weight is 477 g/mol. The summed E-state index contributed by atoms with van der Waals surface area (Å²) in [5.41, 5.74) is 0.222. The summed E-state index contributed by atoms with van der Waals surface area (Å²) in [5, 5.41) is 5.94. The normalized spacial score (nSPS) is 15.8. The lowest BCUT2D eigenvalue weighted by molar-refractivity contribution is -0.111. The molecule has 1 aliphatic rings. The average Bonchev–Trinajstić information content (AvgIpc) is 3.24. The first-order valence-electron chi connectivity index (χ1n) is 10.3. The molecule has 3 rings (SSSR count). The molecule has 1 aromatic carbocycles. The van der Waals surface area contributed by atoms with Crippen molar-refractivity contribution >= 4 is 35.1 Å². The second kappa shape index (κ2) is 11.1. The van der Waals surface area contributed by atoms with E-state index in [9.17, 15) is 14.0 Å². The number of ether oxygens (including phenoxy) is 1. The molecule has 1 fully saturated rings. The first-order chi connectivity index (χ1) is 15.8. The van der Waals surface area contributed by atoms with Crippen LogP contribution >= 0.6 is 11.6 Å². The zero-order chi connectivity index (χ0) is 24.0. The van der Waals surface area contributed by atoms with Crippen LogP contribution in [-0.2, 0) is 4.79 Å². The molecule has 2 N–H and O–H groups in total. The molecular weight excluding hydrogens is 451 g/mol. The molecule has 176 valence electrons. The third kappa shape index (κ3) is 6.62. The van der Waals surface area contributed by atoms with Crippen LogP contribution < -0.4 is 15.4 Å². The molecule has 2 amide bonds. The van der Waals surface area contributed by atoms with E-state index in [0.29, 0.717) is 37.0 Å². The number of hydrogen-bond acceptors (Lipinski definition) is 7. The molecular formula is C22H26ClFN6O3. The van der Waals surface area contributed by atoms with Gasteiger partial charge in [0.2, 0.25) is 17.7 Å². The molecule has 9 nitrogen and oxygen atoms in total. The van der Waals surface area contributed by atoms with Crippen molar-refractivity contribution in [1.29, 1.82) is 0 Å². The van der Waals surface area contributed by atoms with Gasteiger partial charge in [0.25, 0.3) is 5.91 Å².